The van der Waals surface area contributed by atoms with Gasteiger partial charge in [-0.15, -0.1) is 0 Å². The first kappa shape index (κ1) is 8.82. The number of aliphatic hydroxyl groups excluding tert-OH is 2. The Labute approximate surface area is 60.8 Å². The molecule has 0 saturated carbocycles. The smallest absolute Gasteiger partial charge is 0.0891 e. The van der Waals surface area contributed by atoms with E-state index < -0.39 is 0 Å². The van der Waals surface area contributed by atoms with Crippen molar-refractivity contribution in [1.82, 2.24) is 0 Å². The zero-order valence-electron chi connectivity index (χ0n) is 6.20. The van der Waals surface area contributed by atoms with Crippen molar-refractivity contribution < 1.29 is 10.2 Å². The summed E-state index contributed by atoms with van der Waals surface area (Å²) in [6.07, 6.45) is 6.38. The molecule has 0 saturated heterocycles. The van der Waals surface area contributed by atoms with Crippen LogP contribution in [0, 0.1) is 0 Å². The van der Waals surface area contributed by atoms with E-state index in [2.05, 4.69) is 0 Å². The second kappa shape index (κ2) is 4.68. The van der Waals surface area contributed by atoms with Crippen LogP contribution in [-0.2, 0) is 0 Å². The Bertz CT molecular complexity index is 148. The van der Waals surface area contributed by atoms with Crippen LogP contribution in [0.25, 0.3) is 0 Å². The van der Waals surface area contributed by atoms with Crippen molar-refractivity contribution in [1.29, 1.82) is 0 Å². The Morgan fingerprint density at radius 1 is 0.900 bits per heavy atom. The summed E-state index contributed by atoms with van der Waals surface area (Å²) >= 11 is 0. The van der Waals surface area contributed by atoms with Gasteiger partial charge in [-0.3, -0.25) is 0 Å². The first-order chi connectivity index (χ1) is 4.63. The maximum absolute atomic E-state index is 8.64. The van der Waals surface area contributed by atoms with Crippen LogP contribution >= 0.6 is 0 Å². The molecule has 0 aromatic carbocycles. The van der Waals surface area contributed by atoms with Crippen molar-refractivity contribution in [2.45, 2.75) is 13.8 Å². The molecule has 0 aliphatic rings. The molecule has 0 aliphatic carbocycles. The van der Waals surface area contributed by atoms with Gasteiger partial charge in [-0.2, -0.15) is 0 Å². The molecule has 0 rings (SSSR count). The van der Waals surface area contributed by atoms with Crippen LogP contribution in [0.3, 0.4) is 0 Å². The Morgan fingerprint density at radius 2 is 1.20 bits per heavy atom. The second-order valence-electron chi connectivity index (χ2n) is 2.00. The minimum Gasteiger partial charge on any atom is -0.513 e. The Balaban J connectivity index is 3.80. The standard InChI is InChI=1S/C8H12O2/c1-7(9)5-3-4-6-8(2)10/h3-6,9-10H,1-2H3. The average Bonchev–Trinajstić information content (AvgIpc) is 1.79. The van der Waals surface area contributed by atoms with Crippen molar-refractivity contribution in [3.8, 4) is 0 Å². The Hall–Kier alpha value is -1.18. The van der Waals surface area contributed by atoms with E-state index in [4.69, 9.17) is 10.2 Å². The molecule has 2 nitrogen and oxygen atoms in total. The van der Waals surface area contributed by atoms with E-state index in [1.54, 1.807) is 38.2 Å². The molecule has 0 fully saturated rings. The van der Waals surface area contributed by atoms with E-state index in [1.807, 2.05) is 0 Å². The van der Waals surface area contributed by atoms with E-state index in [0.29, 0.717) is 0 Å². The van der Waals surface area contributed by atoms with Crippen LogP contribution in [0.5, 0.6) is 0 Å². The molecule has 10 heavy (non-hydrogen) atoms. The Kier molecular flexibility index (Phi) is 4.12. The van der Waals surface area contributed by atoms with Crippen molar-refractivity contribution in [3.63, 3.8) is 0 Å². The van der Waals surface area contributed by atoms with Crippen LogP contribution in [0.2, 0.25) is 0 Å². The molecule has 0 bridgehead atoms. The third-order valence-corrected chi connectivity index (χ3v) is 0.786. The van der Waals surface area contributed by atoms with Crippen molar-refractivity contribution in [3.05, 3.63) is 35.8 Å². The summed E-state index contributed by atoms with van der Waals surface area (Å²) in [7, 11) is 0. The summed E-state index contributed by atoms with van der Waals surface area (Å²) in [5, 5.41) is 17.3. The maximum atomic E-state index is 8.64. The highest BCUT2D eigenvalue weighted by molar-refractivity contribution is 5.13. The normalized spacial score (nSPS) is 14.6. The van der Waals surface area contributed by atoms with Crippen LogP contribution < -0.4 is 0 Å². The van der Waals surface area contributed by atoms with Gasteiger partial charge in [-0.1, -0.05) is 12.2 Å². The minimum absolute atomic E-state index is 0.250. The first-order valence-electron chi connectivity index (χ1n) is 3.02. The number of hydrogen-bond donors (Lipinski definition) is 2. The van der Waals surface area contributed by atoms with Crippen molar-refractivity contribution in [2.24, 2.45) is 0 Å². The molecule has 0 aliphatic heterocycles. The molecule has 0 heterocycles. The molecule has 2 N–H and O–H groups in total. The van der Waals surface area contributed by atoms with Gasteiger partial charge in [0.2, 0.25) is 0 Å². The number of aliphatic hydroxyl groups is 2. The van der Waals surface area contributed by atoms with E-state index >= 15 is 0 Å². The molecule has 0 amide bonds. The number of hydrogen-bond acceptors (Lipinski definition) is 2. The van der Waals surface area contributed by atoms with Gasteiger partial charge < -0.3 is 10.2 Å². The largest absolute Gasteiger partial charge is 0.513 e. The van der Waals surface area contributed by atoms with Crippen molar-refractivity contribution >= 4 is 0 Å². The summed E-state index contributed by atoms with van der Waals surface area (Å²) in [6.45, 7) is 3.17. The zero-order valence-corrected chi connectivity index (χ0v) is 6.20. The highest BCUT2D eigenvalue weighted by Crippen LogP contribution is 1.88. The predicted molar refractivity (Wildman–Crippen MR) is 41.9 cm³/mol. The monoisotopic (exact) mass is 140 g/mol. The third kappa shape index (κ3) is 6.82. The lowest BCUT2D eigenvalue weighted by molar-refractivity contribution is 0.413. The summed E-state index contributed by atoms with van der Waals surface area (Å²) < 4.78 is 0. The predicted octanol–water partition coefficient (Wildman–Crippen LogP) is 2.47. The molecule has 0 unspecified atom stereocenters. The van der Waals surface area contributed by atoms with E-state index in [1.165, 1.54) is 0 Å². The summed E-state index contributed by atoms with van der Waals surface area (Å²) in [5.74, 6) is 0.500. The van der Waals surface area contributed by atoms with E-state index in [9.17, 15) is 0 Å². The molecule has 0 aromatic heterocycles. The zero-order chi connectivity index (χ0) is 7.98. The second-order valence-corrected chi connectivity index (χ2v) is 2.00. The van der Waals surface area contributed by atoms with E-state index in [-0.39, 0.29) is 11.5 Å². The highest BCUT2D eigenvalue weighted by Gasteiger charge is 1.73. The van der Waals surface area contributed by atoms with Gasteiger partial charge in [0, 0.05) is 0 Å². The topological polar surface area (TPSA) is 40.5 Å². The van der Waals surface area contributed by atoms with Gasteiger partial charge in [0.25, 0.3) is 0 Å². The van der Waals surface area contributed by atoms with Gasteiger partial charge in [0.1, 0.15) is 0 Å². The number of rotatable bonds is 2. The molecule has 0 radical (unpaired) electrons. The molecule has 0 atom stereocenters. The lowest BCUT2D eigenvalue weighted by atomic mass is 10.4. The lowest BCUT2D eigenvalue weighted by Crippen LogP contribution is -1.66. The molecule has 0 aromatic rings. The van der Waals surface area contributed by atoms with Gasteiger partial charge >= 0.3 is 0 Å². The SMILES string of the molecule is CC(O)=CC=CC=C(C)O. The van der Waals surface area contributed by atoms with Crippen molar-refractivity contribution in [2.75, 3.05) is 0 Å². The van der Waals surface area contributed by atoms with Gasteiger partial charge in [0.15, 0.2) is 0 Å². The third-order valence-electron chi connectivity index (χ3n) is 0.786. The lowest BCUT2D eigenvalue weighted by Gasteiger charge is -1.82. The first-order valence-corrected chi connectivity index (χ1v) is 3.02. The van der Waals surface area contributed by atoms with Gasteiger partial charge in [-0.05, 0) is 26.0 Å². The molecule has 2 heteroatoms. The quantitative estimate of drug-likeness (QED) is 0.457. The van der Waals surface area contributed by atoms with Crippen LogP contribution in [-0.4, -0.2) is 10.2 Å². The molecular weight excluding hydrogens is 128 g/mol. The molecule has 0 spiro atoms. The fraction of sp³-hybridized carbons (Fsp3) is 0.250. The fourth-order valence-electron chi connectivity index (χ4n) is 0.390. The van der Waals surface area contributed by atoms with Crippen LogP contribution in [0.1, 0.15) is 13.8 Å². The fourth-order valence-corrected chi connectivity index (χ4v) is 0.390. The maximum Gasteiger partial charge on any atom is 0.0891 e. The summed E-state index contributed by atoms with van der Waals surface area (Å²) in [6, 6.07) is 0. The molecular formula is C8H12O2. The van der Waals surface area contributed by atoms with E-state index in [0.717, 1.165) is 0 Å². The Morgan fingerprint density at radius 3 is 1.40 bits per heavy atom. The highest BCUT2D eigenvalue weighted by atomic mass is 16.3. The van der Waals surface area contributed by atoms with Crippen LogP contribution in [0.15, 0.2) is 35.8 Å². The van der Waals surface area contributed by atoms with Crippen LogP contribution in [0.4, 0.5) is 0 Å². The van der Waals surface area contributed by atoms with Gasteiger partial charge in [-0.25, -0.2) is 0 Å². The van der Waals surface area contributed by atoms with Gasteiger partial charge in [0.05, 0.1) is 11.5 Å². The minimum atomic E-state index is 0.250. The number of allylic oxidation sites excluding steroid dienone is 6. The summed E-state index contributed by atoms with van der Waals surface area (Å²) in [4.78, 5) is 0. The average molecular weight is 140 g/mol. The summed E-state index contributed by atoms with van der Waals surface area (Å²) in [5.41, 5.74) is 0. The molecule has 56 valence electrons.